The molecule has 3 nitrogen and oxygen atoms in total. The predicted octanol–water partition coefficient (Wildman–Crippen LogP) is 12.4. The second-order valence-electron chi connectivity index (χ2n) is 17.3. The lowest BCUT2D eigenvalue weighted by Gasteiger charge is -2.34. The summed E-state index contributed by atoms with van der Waals surface area (Å²) in [6, 6.07) is 50.7. The molecule has 1 heterocycles. The van der Waals surface area contributed by atoms with Crippen LogP contribution in [0.3, 0.4) is 0 Å². The SMILES string of the molecule is OC1CC=CC=C1C1=NC(c2ccccc2)=C(C2=CC(c3c4ccccc4c(-c4cccc5c6c(ccc45)=CC4CC=CC=C4C=6)c4ccccc34)=CCC2)C(c2ccccc2)N1. The van der Waals surface area contributed by atoms with Gasteiger partial charge in [0.25, 0.3) is 0 Å². The fraction of sp³-hybridized carbons (Fsp3) is 0.117. The van der Waals surface area contributed by atoms with Crippen molar-refractivity contribution in [2.45, 2.75) is 37.8 Å². The monoisotopic (exact) mass is 810 g/mol. The number of nitrogens with one attached hydrogen (secondary N) is 1. The molecule has 3 unspecified atom stereocenters. The third kappa shape index (κ3) is 6.42. The lowest BCUT2D eigenvalue weighted by molar-refractivity contribution is 0.218. The maximum Gasteiger partial charge on any atom is 0.133 e. The molecule has 0 fully saturated rings. The van der Waals surface area contributed by atoms with Gasteiger partial charge in [-0.3, -0.25) is 0 Å². The lowest BCUT2D eigenvalue weighted by atomic mass is 9.79. The number of aliphatic imine (C=N–C) groups is 1. The zero-order chi connectivity index (χ0) is 41.9. The van der Waals surface area contributed by atoms with Gasteiger partial charge in [0.2, 0.25) is 0 Å². The summed E-state index contributed by atoms with van der Waals surface area (Å²) in [5.41, 5.74) is 12.8. The minimum atomic E-state index is -0.625. The third-order valence-corrected chi connectivity index (χ3v) is 13.6. The van der Waals surface area contributed by atoms with E-state index in [4.69, 9.17) is 4.99 Å². The molecule has 0 saturated heterocycles. The van der Waals surface area contributed by atoms with Gasteiger partial charge in [-0.15, -0.1) is 0 Å². The van der Waals surface area contributed by atoms with Crippen molar-refractivity contribution in [1.29, 1.82) is 0 Å². The number of hydrogen-bond donors (Lipinski definition) is 2. The number of nitrogens with zero attached hydrogens (tertiary/aromatic N) is 1. The van der Waals surface area contributed by atoms with Crippen molar-refractivity contribution in [2.75, 3.05) is 0 Å². The average molecular weight is 811 g/mol. The zero-order valence-corrected chi connectivity index (χ0v) is 35.0. The molecule has 0 radical (unpaired) electrons. The first-order valence-electron chi connectivity index (χ1n) is 22.4. The largest absolute Gasteiger partial charge is 0.388 e. The van der Waals surface area contributed by atoms with Crippen LogP contribution in [-0.4, -0.2) is 17.0 Å². The molecule has 0 amide bonds. The van der Waals surface area contributed by atoms with Crippen LogP contribution in [0.5, 0.6) is 0 Å². The van der Waals surface area contributed by atoms with E-state index in [1.807, 2.05) is 18.2 Å². The Bertz CT molecular complexity index is 3370. The molecule has 2 N–H and O–H groups in total. The quantitative estimate of drug-likeness (QED) is 0.164. The molecule has 7 aromatic carbocycles. The van der Waals surface area contributed by atoms with E-state index in [1.54, 1.807) is 0 Å². The number of rotatable bonds is 6. The van der Waals surface area contributed by atoms with Crippen LogP contribution in [0.4, 0.5) is 0 Å². The Morgan fingerprint density at radius 1 is 0.603 bits per heavy atom. The molecule has 3 heteroatoms. The number of amidine groups is 1. The maximum atomic E-state index is 11.2. The Morgan fingerprint density at radius 3 is 2.05 bits per heavy atom. The zero-order valence-electron chi connectivity index (χ0n) is 35.0. The third-order valence-electron chi connectivity index (χ3n) is 13.6. The Labute approximate surface area is 367 Å². The van der Waals surface area contributed by atoms with Gasteiger partial charge in [0.15, 0.2) is 0 Å². The first kappa shape index (κ1) is 37.4. The Kier molecular flexibility index (Phi) is 9.23. The molecule has 63 heavy (non-hydrogen) atoms. The maximum absolute atomic E-state index is 11.2. The molecule has 4 aliphatic carbocycles. The number of benzene rings is 7. The summed E-state index contributed by atoms with van der Waals surface area (Å²) in [6.45, 7) is 0. The van der Waals surface area contributed by atoms with Gasteiger partial charge >= 0.3 is 0 Å². The molecule has 302 valence electrons. The summed E-state index contributed by atoms with van der Waals surface area (Å²) in [5.74, 6) is 1.17. The van der Waals surface area contributed by atoms with Crippen LogP contribution < -0.4 is 15.8 Å². The van der Waals surface area contributed by atoms with Crippen molar-refractivity contribution in [2.24, 2.45) is 10.9 Å². The van der Waals surface area contributed by atoms with E-state index < -0.39 is 6.10 Å². The first-order valence-corrected chi connectivity index (χ1v) is 22.4. The molecule has 1 aliphatic heterocycles. The van der Waals surface area contributed by atoms with Gasteiger partial charge in [0.1, 0.15) is 5.84 Å². The van der Waals surface area contributed by atoms with E-state index >= 15 is 0 Å². The minimum Gasteiger partial charge on any atom is -0.388 e. The lowest BCUT2D eigenvalue weighted by Crippen LogP contribution is -2.38. The van der Waals surface area contributed by atoms with E-state index in [1.165, 1.54) is 81.7 Å². The summed E-state index contributed by atoms with van der Waals surface area (Å²) in [5, 5.41) is 25.3. The fourth-order valence-corrected chi connectivity index (χ4v) is 10.7. The number of allylic oxidation sites excluding steroid dienone is 9. The van der Waals surface area contributed by atoms with Crippen LogP contribution >= 0.6 is 0 Å². The van der Waals surface area contributed by atoms with Crippen LogP contribution in [-0.2, 0) is 0 Å². The Hall–Kier alpha value is -7.33. The van der Waals surface area contributed by atoms with Crippen molar-refractivity contribution in [1.82, 2.24) is 5.32 Å². The highest BCUT2D eigenvalue weighted by Gasteiger charge is 2.33. The number of aliphatic hydroxyl groups is 1. The molecule has 0 spiro atoms. The number of fused-ring (bicyclic) bond motifs is 6. The van der Waals surface area contributed by atoms with Gasteiger partial charge in [-0.1, -0.05) is 194 Å². The Balaban J connectivity index is 1.07. The molecule has 0 bridgehead atoms. The van der Waals surface area contributed by atoms with E-state index in [0.29, 0.717) is 12.3 Å². The van der Waals surface area contributed by atoms with Crippen LogP contribution in [0, 0.1) is 5.92 Å². The van der Waals surface area contributed by atoms with Crippen molar-refractivity contribution in [3.63, 3.8) is 0 Å². The number of aliphatic hydroxyl groups excluding tert-OH is 1. The van der Waals surface area contributed by atoms with Crippen molar-refractivity contribution < 1.29 is 5.11 Å². The molecule has 7 aromatic rings. The molecule has 0 saturated carbocycles. The van der Waals surface area contributed by atoms with Gasteiger partial charge in [0, 0.05) is 22.6 Å². The highest BCUT2D eigenvalue weighted by Crippen LogP contribution is 2.47. The van der Waals surface area contributed by atoms with Crippen molar-refractivity contribution in [3.05, 3.63) is 238 Å². The van der Waals surface area contributed by atoms with E-state index in [-0.39, 0.29) is 6.04 Å². The van der Waals surface area contributed by atoms with Crippen LogP contribution in [0.25, 0.3) is 66.9 Å². The van der Waals surface area contributed by atoms with Crippen LogP contribution in [0.2, 0.25) is 0 Å². The average Bonchev–Trinajstić information content (AvgIpc) is 3.35. The minimum absolute atomic E-state index is 0.182. The molecule has 3 atom stereocenters. The fourth-order valence-electron chi connectivity index (χ4n) is 10.7. The van der Waals surface area contributed by atoms with E-state index in [2.05, 4.69) is 187 Å². The first-order chi connectivity index (χ1) is 31.2. The van der Waals surface area contributed by atoms with Gasteiger partial charge in [0.05, 0.1) is 17.8 Å². The highest BCUT2D eigenvalue weighted by molar-refractivity contribution is 6.22. The van der Waals surface area contributed by atoms with Gasteiger partial charge in [-0.05, 0) is 113 Å². The summed E-state index contributed by atoms with van der Waals surface area (Å²) in [7, 11) is 0. The summed E-state index contributed by atoms with van der Waals surface area (Å²) < 4.78 is 0. The van der Waals surface area contributed by atoms with Crippen LogP contribution in [0.15, 0.2) is 215 Å². The molecule has 12 rings (SSSR count). The topological polar surface area (TPSA) is 44.6 Å². The molecule has 5 aliphatic rings. The second kappa shape index (κ2) is 15.5. The Morgan fingerprint density at radius 2 is 1.29 bits per heavy atom. The van der Waals surface area contributed by atoms with Gasteiger partial charge in [-0.2, -0.15) is 0 Å². The standard InChI is InChI=1S/C60H46N2O/c63-54-32-14-13-29-52(54)60-61-58(38-17-3-1-4-18-38)56(59(62-60)39-19-5-2-6-20-39)44-24-15-23-43(36-44)55-48-25-9-11-27-50(48)57(51-28-12-10-26-49(51)55)47-31-16-30-45-46(47)34-33-42-35-40-21-7-8-22-41(40)37-53(42)45/h1-14,16-20,22-23,25-31,33-37,40,54,58,63H,15,21,24,32H2,(H,61,62). The van der Waals surface area contributed by atoms with Crippen molar-refractivity contribution >= 4 is 61.6 Å². The van der Waals surface area contributed by atoms with Gasteiger partial charge < -0.3 is 10.4 Å². The summed E-state index contributed by atoms with van der Waals surface area (Å²) in [4.78, 5) is 5.43. The second-order valence-corrected chi connectivity index (χ2v) is 17.3. The summed E-state index contributed by atoms with van der Waals surface area (Å²) >= 11 is 0. The molecular formula is C60H46N2O. The highest BCUT2D eigenvalue weighted by atomic mass is 16.3. The number of hydrogen-bond acceptors (Lipinski definition) is 3. The molecular weight excluding hydrogens is 765 g/mol. The van der Waals surface area contributed by atoms with Crippen molar-refractivity contribution in [3.8, 4) is 11.1 Å². The predicted molar refractivity (Wildman–Crippen MR) is 264 cm³/mol. The van der Waals surface area contributed by atoms with Crippen LogP contribution in [0.1, 0.15) is 48.4 Å². The van der Waals surface area contributed by atoms with E-state index in [0.717, 1.165) is 47.5 Å². The smallest absolute Gasteiger partial charge is 0.133 e. The summed E-state index contributed by atoms with van der Waals surface area (Å²) in [6.07, 6.45) is 25.4. The normalized spacial score (nSPS) is 20.4. The van der Waals surface area contributed by atoms with E-state index in [9.17, 15) is 5.11 Å². The van der Waals surface area contributed by atoms with Gasteiger partial charge in [-0.25, -0.2) is 4.99 Å². The molecule has 0 aromatic heterocycles.